The average Bonchev–Trinajstić information content (AvgIpc) is 2.43. The van der Waals surface area contributed by atoms with Gasteiger partial charge in [-0.1, -0.05) is 44.4 Å². The maximum absolute atomic E-state index is 6.06. The van der Waals surface area contributed by atoms with Gasteiger partial charge in [-0.2, -0.15) is 0 Å². The Labute approximate surface area is 132 Å². The number of thioether (sulfide) groups is 1. The molecule has 0 aromatic heterocycles. The molecule has 20 heavy (non-hydrogen) atoms. The molecule has 1 aliphatic carbocycles. The van der Waals surface area contributed by atoms with Gasteiger partial charge in [0.2, 0.25) is 0 Å². The van der Waals surface area contributed by atoms with Crippen LogP contribution in [0.3, 0.4) is 0 Å². The van der Waals surface area contributed by atoms with Gasteiger partial charge in [0, 0.05) is 21.7 Å². The number of hydrogen-bond acceptors (Lipinski definition) is 2. The molecule has 0 spiro atoms. The fraction of sp³-hybridized carbons (Fsp3) is 0.647. The highest BCUT2D eigenvalue weighted by Crippen LogP contribution is 2.33. The maximum Gasteiger partial charge on any atom is 0.0417 e. The Morgan fingerprint density at radius 1 is 1.40 bits per heavy atom. The quantitative estimate of drug-likeness (QED) is 0.721. The summed E-state index contributed by atoms with van der Waals surface area (Å²) in [4.78, 5) is 1.28. The third-order valence-electron chi connectivity index (χ3n) is 4.24. The van der Waals surface area contributed by atoms with Gasteiger partial charge in [0.1, 0.15) is 0 Å². The van der Waals surface area contributed by atoms with Crippen LogP contribution in [0.15, 0.2) is 29.2 Å². The Balaban J connectivity index is 1.91. The van der Waals surface area contributed by atoms with Crippen LogP contribution in [-0.2, 0) is 0 Å². The predicted octanol–water partition coefficient (Wildman–Crippen LogP) is 5.24. The predicted molar refractivity (Wildman–Crippen MR) is 90.8 cm³/mol. The lowest BCUT2D eigenvalue weighted by molar-refractivity contribution is 0.235. The normalized spacial score (nSPS) is 24.6. The molecule has 2 rings (SSSR count). The molecular formula is C17H26ClNS. The molecule has 1 fully saturated rings. The molecule has 1 nitrogen and oxygen atoms in total. The molecule has 1 saturated carbocycles. The van der Waals surface area contributed by atoms with Gasteiger partial charge >= 0.3 is 0 Å². The van der Waals surface area contributed by atoms with Crippen LogP contribution in [0.25, 0.3) is 0 Å². The topological polar surface area (TPSA) is 12.0 Å². The van der Waals surface area contributed by atoms with Crippen LogP contribution in [0.4, 0.5) is 0 Å². The molecule has 0 saturated heterocycles. The highest BCUT2D eigenvalue weighted by Gasteiger charge is 2.26. The van der Waals surface area contributed by atoms with Crippen molar-refractivity contribution in [1.82, 2.24) is 5.32 Å². The zero-order valence-electron chi connectivity index (χ0n) is 12.6. The van der Waals surface area contributed by atoms with E-state index in [2.05, 4.69) is 31.3 Å². The Bertz CT molecular complexity index is 410. The van der Waals surface area contributed by atoms with Crippen LogP contribution in [0, 0.1) is 11.8 Å². The van der Waals surface area contributed by atoms with Crippen molar-refractivity contribution >= 4 is 23.4 Å². The van der Waals surface area contributed by atoms with E-state index < -0.39 is 0 Å². The van der Waals surface area contributed by atoms with Crippen LogP contribution in [0.5, 0.6) is 0 Å². The first kappa shape index (κ1) is 16.2. The summed E-state index contributed by atoms with van der Waals surface area (Å²) in [6.45, 7) is 5.67. The van der Waals surface area contributed by atoms with E-state index >= 15 is 0 Å². The second kappa shape index (κ2) is 8.31. The molecule has 0 amide bonds. The molecule has 1 aliphatic rings. The fourth-order valence-electron chi connectivity index (χ4n) is 3.21. The van der Waals surface area contributed by atoms with Crippen molar-refractivity contribution in [3.63, 3.8) is 0 Å². The molecule has 3 atom stereocenters. The van der Waals surface area contributed by atoms with E-state index in [9.17, 15) is 0 Å². The zero-order valence-corrected chi connectivity index (χ0v) is 14.1. The van der Waals surface area contributed by atoms with E-state index in [4.69, 9.17) is 11.6 Å². The van der Waals surface area contributed by atoms with Gasteiger partial charge in [-0.05, 0) is 49.4 Å². The summed E-state index contributed by atoms with van der Waals surface area (Å²) < 4.78 is 0. The van der Waals surface area contributed by atoms with Crippen LogP contribution >= 0.6 is 23.4 Å². The number of hydrogen-bond donors (Lipinski definition) is 1. The molecule has 1 aromatic carbocycles. The largest absolute Gasteiger partial charge is 0.313 e. The van der Waals surface area contributed by atoms with Crippen LogP contribution < -0.4 is 5.32 Å². The van der Waals surface area contributed by atoms with E-state index in [1.807, 2.05) is 23.9 Å². The molecule has 0 aliphatic heterocycles. The van der Waals surface area contributed by atoms with Gasteiger partial charge < -0.3 is 5.32 Å². The first-order valence-corrected chi connectivity index (χ1v) is 9.17. The van der Waals surface area contributed by atoms with Crippen LogP contribution in [0.1, 0.15) is 39.5 Å². The van der Waals surface area contributed by atoms with Gasteiger partial charge in [0.05, 0.1) is 0 Å². The number of halogens is 1. The van der Waals surface area contributed by atoms with Crippen molar-refractivity contribution < 1.29 is 0 Å². The Morgan fingerprint density at radius 2 is 2.25 bits per heavy atom. The van der Waals surface area contributed by atoms with Gasteiger partial charge in [0.25, 0.3) is 0 Å². The maximum atomic E-state index is 6.06. The van der Waals surface area contributed by atoms with Crippen molar-refractivity contribution in [3.8, 4) is 0 Å². The fourth-order valence-corrected chi connectivity index (χ4v) is 4.62. The van der Waals surface area contributed by atoms with Gasteiger partial charge in [-0.25, -0.2) is 0 Å². The molecule has 112 valence electrons. The third kappa shape index (κ3) is 4.98. The summed E-state index contributed by atoms with van der Waals surface area (Å²) in [6, 6.07) is 8.83. The summed E-state index contributed by atoms with van der Waals surface area (Å²) in [6.07, 6.45) is 5.58. The Hall–Kier alpha value is -0.180. The van der Waals surface area contributed by atoms with E-state index in [0.717, 1.165) is 29.2 Å². The first-order chi connectivity index (χ1) is 9.69. The summed E-state index contributed by atoms with van der Waals surface area (Å²) in [5, 5.41) is 4.54. The average molecular weight is 312 g/mol. The number of nitrogens with one attached hydrogen (secondary N) is 1. The zero-order chi connectivity index (χ0) is 14.4. The molecule has 1 aromatic rings. The van der Waals surface area contributed by atoms with E-state index in [-0.39, 0.29) is 0 Å². The van der Waals surface area contributed by atoms with Crippen molar-refractivity contribution in [2.24, 2.45) is 11.8 Å². The molecule has 3 unspecified atom stereocenters. The van der Waals surface area contributed by atoms with Gasteiger partial charge in [-0.3, -0.25) is 0 Å². The Kier molecular flexibility index (Phi) is 6.73. The van der Waals surface area contributed by atoms with Crippen LogP contribution in [0.2, 0.25) is 5.02 Å². The highest BCUT2D eigenvalue weighted by atomic mass is 35.5. The van der Waals surface area contributed by atoms with Crippen molar-refractivity contribution in [3.05, 3.63) is 29.3 Å². The number of benzene rings is 1. The molecular weight excluding hydrogens is 286 g/mol. The molecule has 1 N–H and O–H groups in total. The second-order valence-electron chi connectivity index (χ2n) is 5.96. The Morgan fingerprint density at radius 3 is 2.95 bits per heavy atom. The van der Waals surface area contributed by atoms with Crippen molar-refractivity contribution in [2.45, 2.75) is 50.5 Å². The minimum Gasteiger partial charge on any atom is -0.313 e. The summed E-state index contributed by atoms with van der Waals surface area (Å²) in [7, 11) is 0. The lowest BCUT2D eigenvalue weighted by atomic mass is 9.79. The van der Waals surface area contributed by atoms with E-state index in [0.29, 0.717) is 6.04 Å². The van der Waals surface area contributed by atoms with Crippen molar-refractivity contribution in [2.75, 3.05) is 12.3 Å². The molecule has 3 heteroatoms. The molecule has 0 radical (unpaired) electrons. The summed E-state index contributed by atoms with van der Waals surface area (Å²) in [5.41, 5.74) is 0. The van der Waals surface area contributed by atoms with Crippen LogP contribution in [-0.4, -0.2) is 18.3 Å². The van der Waals surface area contributed by atoms with Gasteiger partial charge in [0.15, 0.2) is 0 Å². The van der Waals surface area contributed by atoms with Crippen molar-refractivity contribution in [1.29, 1.82) is 0 Å². The lowest BCUT2D eigenvalue weighted by Crippen LogP contribution is -2.40. The summed E-state index contributed by atoms with van der Waals surface area (Å²) >= 11 is 7.99. The second-order valence-corrected chi connectivity index (χ2v) is 7.49. The first-order valence-electron chi connectivity index (χ1n) is 7.80. The smallest absolute Gasteiger partial charge is 0.0417 e. The van der Waals surface area contributed by atoms with E-state index in [1.165, 1.54) is 30.6 Å². The highest BCUT2D eigenvalue weighted by molar-refractivity contribution is 7.99. The SMILES string of the molecule is CCNC(CSc1cccc(Cl)c1)C1CCCC(C)C1. The summed E-state index contributed by atoms with van der Waals surface area (Å²) in [5.74, 6) is 2.88. The third-order valence-corrected chi connectivity index (χ3v) is 5.59. The number of rotatable bonds is 6. The minimum absolute atomic E-state index is 0.631. The molecule has 0 bridgehead atoms. The van der Waals surface area contributed by atoms with Gasteiger partial charge in [-0.15, -0.1) is 11.8 Å². The standard InChI is InChI=1S/C17H26ClNS/c1-3-19-17(14-7-4-6-13(2)10-14)12-20-16-9-5-8-15(18)11-16/h5,8-9,11,13-14,17,19H,3-4,6-7,10,12H2,1-2H3. The molecule has 0 heterocycles. The lowest BCUT2D eigenvalue weighted by Gasteiger charge is -2.33. The minimum atomic E-state index is 0.631. The van der Waals surface area contributed by atoms with E-state index in [1.54, 1.807) is 0 Å². The monoisotopic (exact) mass is 311 g/mol.